The first-order chi connectivity index (χ1) is 20.2. The number of carbonyl (C=O) groups excluding carboxylic acids is 2. The highest BCUT2D eigenvalue weighted by Crippen LogP contribution is 2.40. The van der Waals surface area contributed by atoms with Gasteiger partial charge in [0.1, 0.15) is 0 Å². The molecule has 2 heterocycles. The van der Waals surface area contributed by atoms with Gasteiger partial charge in [0.15, 0.2) is 0 Å². The van der Waals surface area contributed by atoms with Crippen LogP contribution in [0.3, 0.4) is 0 Å². The van der Waals surface area contributed by atoms with Crippen molar-refractivity contribution in [3.8, 4) is 0 Å². The molecule has 2 amide bonds. The van der Waals surface area contributed by atoms with E-state index in [9.17, 15) is 19.7 Å². The summed E-state index contributed by atoms with van der Waals surface area (Å²) in [5, 5.41) is 25.7. The number of allylic oxidation sites excluding steroid dienone is 2. The number of nitrogens with zero attached hydrogens (tertiary/aromatic N) is 2. The Labute approximate surface area is 246 Å². The van der Waals surface area contributed by atoms with Gasteiger partial charge in [-0.3, -0.25) is 19.7 Å². The first kappa shape index (κ1) is 30.6. The largest absolute Gasteiger partial charge is 0.366 e. The summed E-state index contributed by atoms with van der Waals surface area (Å²) in [6, 6.07) is 16.2. The fourth-order valence-corrected chi connectivity index (χ4v) is 6.11. The molecule has 4 rings (SSSR count). The first-order valence-corrected chi connectivity index (χ1v) is 14.6. The van der Waals surface area contributed by atoms with Gasteiger partial charge in [-0.1, -0.05) is 56.3 Å². The minimum atomic E-state index is -0.733. The van der Waals surface area contributed by atoms with E-state index in [-0.39, 0.29) is 17.0 Å². The third kappa shape index (κ3) is 6.44. The Morgan fingerprint density at radius 1 is 1.07 bits per heavy atom. The molecule has 0 radical (unpaired) electrons. The maximum absolute atomic E-state index is 13.7. The molecule has 0 bridgehead atoms. The number of non-ortho nitro benzene ring substituents is 1. The third-order valence-corrected chi connectivity index (χ3v) is 8.49. The summed E-state index contributed by atoms with van der Waals surface area (Å²) in [5.41, 5.74) is 9.40. The predicted molar refractivity (Wildman–Crippen MR) is 163 cm³/mol. The van der Waals surface area contributed by atoms with E-state index >= 15 is 0 Å². The van der Waals surface area contributed by atoms with E-state index in [1.165, 1.54) is 17.7 Å². The van der Waals surface area contributed by atoms with Crippen LogP contribution < -0.4 is 16.4 Å². The number of dihydropyridines is 1. The number of likely N-dealkylation sites (tertiary alicyclic amines) is 1. The molecule has 10 nitrogen and oxygen atoms in total. The minimum Gasteiger partial charge on any atom is -0.366 e. The Morgan fingerprint density at radius 3 is 2.24 bits per heavy atom. The first-order valence-electron chi connectivity index (χ1n) is 14.6. The van der Waals surface area contributed by atoms with Gasteiger partial charge in [0.05, 0.1) is 4.92 Å². The van der Waals surface area contributed by atoms with E-state index in [1.807, 2.05) is 32.0 Å². The smallest absolute Gasteiger partial charge is 0.269 e. The van der Waals surface area contributed by atoms with Crippen LogP contribution in [0, 0.1) is 15.5 Å². The average Bonchev–Trinajstić information content (AvgIpc) is 3.02. The number of rotatable bonds is 12. The number of hydrogen-bond donors (Lipinski definition) is 4. The lowest BCUT2D eigenvalue weighted by atomic mass is 9.74. The molecule has 0 aliphatic carbocycles. The van der Waals surface area contributed by atoms with Crippen LogP contribution in [0.4, 0.5) is 5.69 Å². The quantitative estimate of drug-likeness (QED) is 0.129. The number of nitrogens with one attached hydrogen (secondary N) is 3. The Kier molecular flexibility index (Phi) is 9.90. The van der Waals surface area contributed by atoms with Gasteiger partial charge in [0.2, 0.25) is 11.8 Å². The number of piperidine rings is 1. The van der Waals surface area contributed by atoms with E-state index in [0.717, 1.165) is 38.9 Å². The number of nitrogens with two attached hydrogens (primary N) is 1. The van der Waals surface area contributed by atoms with Crippen LogP contribution in [0.5, 0.6) is 0 Å². The Bertz CT molecular complexity index is 1380. The van der Waals surface area contributed by atoms with Gasteiger partial charge in [-0.15, -0.1) is 0 Å². The van der Waals surface area contributed by atoms with Gasteiger partial charge < -0.3 is 26.7 Å². The fraction of sp³-hybridized carbons (Fsp3) is 0.406. The van der Waals surface area contributed by atoms with E-state index in [4.69, 9.17) is 11.1 Å². The van der Waals surface area contributed by atoms with Gasteiger partial charge in [-0.2, -0.15) is 0 Å². The van der Waals surface area contributed by atoms with Crippen molar-refractivity contribution in [2.45, 2.75) is 57.3 Å². The zero-order chi connectivity index (χ0) is 30.3. The fourth-order valence-electron chi connectivity index (χ4n) is 6.11. The predicted octanol–water partition coefficient (Wildman–Crippen LogP) is 4.28. The zero-order valence-electron chi connectivity index (χ0n) is 24.3. The maximum atomic E-state index is 13.7. The molecule has 1 saturated heterocycles. The summed E-state index contributed by atoms with van der Waals surface area (Å²) < 4.78 is 0. The average molecular weight is 573 g/mol. The van der Waals surface area contributed by atoms with Gasteiger partial charge in [0.25, 0.3) is 5.69 Å². The van der Waals surface area contributed by atoms with Crippen molar-refractivity contribution in [2.75, 3.05) is 26.2 Å². The molecule has 1 unspecified atom stereocenters. The van der Waals surface area contributed by atoms with E-state index in [2.05, 4.69) is 27.7 Å². The topological polar surface area (TPSA) is 154 Å². The second-order valence-electron chi connectivity index (χ2n) is 10.9. The third-order valence-electron chi connectivity index (χ3n) is 8.49. The number of hydrogen-bond acceptors (Lipinski definition) is 7. The summed E-state index contributed by atoms with van der Waals surface area (Å²) in [4.78, 5) is 39.5. The molecule has 2 aromatic carbocycles. The van der Waals surface area contributed by atoms with Crippen LogP contribution in [0.25, 0.3) is 0 Å². The van der Waals surface area contributed by atoms with E-state index < -0.39 is 16.7 Å². The molecule has 1 fully saturated rings. The zero-order valence-corrected chi connectivity index (χ0v) is 24.3. The van der Waals surface area contributed by atoms with Crippen LogP contribution in [0.1, 0.15) is 63.0 Å². The minimum absolute atomic E-state index is 0.0713. The molecule has 2 aromatic rings. The summed E-state index contributed by atoms with van der Waals surface area (Å²) in [7, 11) is 0. The summed E-state index contributed by atoms with van der Waals surface area (Å²) in [6.07, 6.45) is 5.15. The van der Waals surface area contributed by atoms with Crippen molar-refractivity contribution >= 4 is 23.7 Å². The lowest BCUT2D eigenvalue weighted by Gasteiger charge is -2.39. The highest BCUT2D eigenvalue weighted by molar-refractivity contribution is 6.03. The summed E-state index contributed by atoms with van der Waals surface area (Å²) in [5.74, 6) is -1.66. The molecule has 0 aromatic heterocycles. The Balaban J connectivity index is 1.44. The highest BCUT2D eigenvalue weighted by Gasteiger charge is 2.37. The number of carbonyl (C=O) groups is 2. The standard InChI is InChI=1S/C32H40N6O4/c1-3-25-28(30(34)39)27(22-11-13-24(14-12-22)38(41)42)29(26(4-2)36-25)31(40)35-17-8-18-37-19-15-32(21-33,16-20-37)23-9-6-5-7-10-23/h5-7,9-14,21,27,33,36H,3-4,8,15-20H2,1-2H3,(H2,34,39)(H,35,40). The van der Waals surface area contributed by atoms with Gasteiger partial charge in [0, 0.05) is 58.8 Å². The number of nitro groups is 1. The molecule has 2 aliphatic heterocycles. The number of benzene rings is 2. The van der Waals surface area contributed by atoms with Crippen molar-refractivity contribution in [1.29, 1.82) is 5.41 Å². The molecule has 10 heteroatoms. The van der Waals surface area contributed by atoms with Crippen molar-refractivity contribution in [2.24, 2.45) is 5.73 Å². The van der Waals surface area contributed by atoms with E-state index in [0.29, 0.717) is 47.5 Å². The summed E-state index contributed by atoms with van der Waals surface area (Å²) >= 11 is 0. The van der Waals surface area contributed by atoms with E-state index in [1.54, 1.807) is 18.3 Å². The Morgan fingerprint density at radius 2 is 1.69 bits per heavy atom. The monoisotopic (exact) mass is 572 g/mol. The maximum Gasteiger partial charge on any atom is 0.269 e. The van der Waals surface area contributed by atoms with Gasteiger partial charge in [-0.05, 0) is 62.9 Å². The molecular formula is C32H40N6O4. The van der Waals surface area contributed by atoms with Crippen LogP contribution in [0.15, 0.2) is 77.1 Å². The van der Waals surface area contributed by atoms with Crippen molar-refractivity contribution < 1.29 is 14.5 Å². The SMILES string of the molecule is CCC1=C(C(N)=O)C(c2ccc([N+](=O)[O-])cc2)C(C(=O)NCCCN2CCC(C=N)(c3ccccc3)CC2)=C(CC)N1. The van der Waals surface area contributed by atoms with Crippen molar-refractivity contribution in [1.82, 2.24) is 15.5 Å². The molecule has 0 spiro atoms. The second kappa shape index (κ2) is 13.6. The molecular weight excluding hydrogens is 532 g/mol. The van der Waals surface area contributed by atoms with Crippen molar-refractivity contribution in [3.05, 3.63) is 98.4 Å². The number of nitro benzene ring substituents is 1. The second-order valence-corrected chi connectivity index (χ2v) is 10.9. The lowest BCUT2D eigenvalue weighted by molar-refractivity contribution is -0.384. The lowest BCUT2D eigenvalue weighted by Crippen LogP contribution is -2.44. The van der Waals surface area contributed by atoms with Crippen molar-refractivity contribution in [3.63, 3.8) is 0 Å². The van der Waals surface area contributed by atoms with Gasteiger partial charge >= 0.3 is 0 Å². The molecule has 222 valence electrons. The normalized spacial score (nSPS) is 18.8. The number of amides is 2. The summed E-state index contributed by atoms with van der Waals surface area (Å²) in [6.45, 7) is 6.87. The highest BCUT2D eigenvalue weighted by atomic mass is 16.6. The molecule has 42 heavy (non-hydrogen) atoms. The molecule has 5 N–H and O–H groups in total. The van der Waals surface area contributed by atoms with Crippen LogP contribution in [0.2, 0.25) is 0 Å². The molecule has 2 aliphatic rings. The van der Waals surface area contributed by atoms with Crippen LogP contribution in [-0.2, 0) is 15.0 Å². The Hall–Kier alpha value is -4.31. The molecule has 1 atom stereocenters. The van der Waals surface area contributed by atoms with Crippen LogP contribution in [-0.4, -0.2) is 54.0 Å². The number of primary amides is 1. The van der Waals surface area contributed by atoms with Crippen LogP contribution >= 0.6 is 0 Å². The molecule has 0 saturated carbocycles. The van der Waals surface area contributed by atoms with Gasteiger partial charge in [-0.25, -0.2) is 0 Å².